The van der Waals surface area contributed by atoms with Crippen LogP contribution in [0.1, 0.15) is 47.2 Å². The van der Waals surface area contributed by atoms with Gasteiger partial charge in [0, 0.05) is 11.1 Å². The van der Waals surface area contributed by atoms with Crippen molar-refractivity contribution >= 4 is 18.0 Å². The van der Waals surface area contributed by atoms with Crippen LogP contribution in [0.2, 0.25) is 0 Å². The molecule has 17 heavy (non-hydrogen) atoms. The fourth-order valence-electron chi connectivity index (χ4n) is 1.29. The lowest BCUT2D eigenvalue weighted by atomic mass is 10.1. The molecule has 0 unspecified atom stereocenters. The molecule has 0 fully saturated rings. The van der Waals surface area contributed by atoms with E-state index in [9.17, 15) is 14.4 Å². The molecule has 1 rings (SSSR count). The maximum absolute atomic E-state index is 11.8. The van der Waals surface area contributed by atoms with Crippen LogP contribution in [0.5, 0.6) is 0 Å². The molecule has 0 aliphatic rings. The third kappa shape index (κ3) is 3.03. The van der Waals surface area contributed by atoms with Crippen molar-refractivity contribution in [3.05, 3.63) is 23.2 Å². The first-order valence-electron chi connectivity index (χ1n) is 5.16. The predicted molar refractivity (Wildman–Crippen MR) is 61.1 cm³/mol. The van der Waals surface area contributed by atoms with Gasteiger partial charge < -0.3 is 9.73 Å². The third-order valence-corrected chi connectivity index (χ3v) is 2.12. The molecule has 1 aromatic rings. The zero-order valence-electron chi connectivity index (χ0n) is 10.3. The van der Waals surface area contributed by atoms with Crippen molar-refractivity contribution in [3.8, 4) is 0 Å². The number of aldehydes is 1. The standard InChI is InChI=1S/C12H15NO4/c1-7-8(6-17-9(7)5-14)10(15)11(16)13-12(2,3)4/h5-6H,1-4H3,(H,13,16). The second-order valence-corrected chi connectivity index (χ2v) is 4.79. The van der Waals surface area contributed by atoms with Crippen molar-refractivity contribution in [3.63, 3.8) is 0 Å². The van der Waals surface area contributed by atoms with Gasteiger partial charge in [-0.3, -0.25) is 14.4 Å². The summed E-state index contributed by atoms with van der Waals surface area (Å²) in [6.07, 6.45) is 1.64. The van der Waals surface area contributed by atoms with E-state index in [0.717, 1.165) is 6.26 Å². The monoisotopic (exact) mass is 237 g/mol. The molecule has 0 radical (unpaired) electrons. The highest BCUT2D eigenvalue weighted by molar-refractivity contribution is 6.43. The normalized spacial score (nSPS) is 11.1. The quantitative estimate of drug-likeness (QED) is 0.491. The third-order valence-electron chi connectivity index (χ3n) is 2.12. The Morgan fingerprint density at radius 1 is 1.35 bits per heavy atom. The van der Waals surface area contributed by atoms with Gasteiger partial charge in [-0.15, -0.1) is 0 Å². The van der Waals surface area contributed by atoms with Crippen LogP contribution in [-0.4, -0.2) is 23.5 Å². The van der Waals surface area contributed by atoms with E-state index in [1.807, 2.05) is 0 Å². The lowest BCUT2D eigenvalue weighted by Gasteiger charge is -2.19. The molecule has 92 valence electrons. The fourth-order valence-corrected chi connectivity index (χ4v) is 1.29. The van der Waals surface area contributed by atoms with Crippen molar-refractivity contribution in [2.45, 2.75) is 33.2 Å². The second-order valence-electron chi connectivity index (χ2n) is 4.79. The van der Waals surface area contributed by atoms with Crippen LogP contribution >= 0.6 is 0 Å². The van der Waals surface area contributed by atoms with E-state index in [0.29, 0.717) is 11.8 Å². The number of Topliss-reactive ketones (excluding diaryl/α,β-unsaturated/α-hetero) is 1. The van der Waals surface area contributed by atoms with Gasteiger partial charge in [0.15, 0.2) is 12.0 Å². The first-order chi connectivity index (χ1) is 7.76. The van der Waals surface area contributed by atoms with E-state index in [2.05, 4.69) is 5.32 Å². The van der Waals surface area contributed by atoms with Gasteiger partial charge in [-0.1, -0.05) is 0 Å². The van der Waals surface area contributed by atoms with E-state index < -0.39 is 17.2 Å². The molecule has 1 amide bonds. The number of carbonyl (C=O) groups excluding carboxylic acids is 3. The van der Waals surface area contributed by atoms with Gasteiger partial charge in [-0.05, 0) is 27.7 Å². The Morgan fingerprint density at radius 3 is 2.35 bits per heavy atom. The summed E-state index contributed by atoms with van der Waals surface area (Å²) < 4.78 is 4.88. The van der Waals surface area contributed by atoms with E-state index in [1.54, 1.807) is 27.7 Å². The number of hydrogen-bond acceptors (Lipinski definition) is 4. The molecule has 0 atom stereocenters. The Balaban J connectivity index is 2.93. The van der Waals surface area contributed by atoms with Crippen LogP contribution in [0.4, 0.5) is 0 Å². The molecular formula is C12H15NO4. The summed E-state index contributed by atoms with van der Waals surface area (Å²) >= 11 is 0. The van der Waals surface area contributed by atoms with E-state index in [4.69, 9.17) is 4.42 Å². The van der Waals surface area contributed by atoms with Gasteiger partial charge in [0.2, 0.25) is 0 Å². The predicted octanol–water partition coefficient (Wildman–Crippen LogP) is 1.50. The minimum Gasteiger partial charge on any atom is -0.460 e. The Kier molecular flexibility index (Phi) is 3.50. The molecule has 5 heteroatoms. The largest absolute Gasteiger partial charge is 0.460 e. The number of hydrogen-bond donors (Lipinski definition) is 1. The molecule has 0 bridgehead atoms. The summed E-state index contributed by atoms with van der Waals surface area (Å²) in [6.45, 7) is 6.89. The zero-order valence-corrected chi connectivity index (χ0v) is 10.3. The number of amides is 1. The number of rotatable bonds is 3. The minimum absolute atomic E-state index is 0.0666. The van der Waals surface area contributed by atoms with Gasteiger partial charge in [0.1, 0.15) is 6.26 Å². The van der Waals surface area contributed by atoms with Crippen LogP contribution in [0.3, 0.4) is 0 Å². The fraction of sp³-hybridized carbons (Fsp3) is 0.417. The molecule has 5 nitrogen and oxygen atoms in total. The highest BCUT2D eigenvalue weighted by Gasteiger charge is 2.25. The summed E-state index contributed by atoms with van der Waals surface area (Å²) in [5, 5.41) is 2.55. The molecule has 1 heterocycles. The molecule has 0 aliphatic carbocycles. The molecule has 0 spiro atoms. The Bertz CT molecular complexity index is 465. The molecule has 1 N–H and O–H groups in total. The van der Waals surface area contributed by atoms with E-state index >= 15 is 0 Å². The van der Waals surface area contributed by atoms with Gasteiger partial charge in [0.05, 0.1) is 5.56 Å². The number of nitrogens with one attached hydrogen (secondary N) is 1. The van der Waals surface area contributed by atoms with Crippen LogP contribution in [0.15, 0.2) is 10.7 Å². The van der Waals surface area contributed by atoms with Crippen molar-refractivity contribution in [1.82, 2.24) is 5.32 Å². The minimum atomic E-state index is -0.709. The van der Waals surface area contributed by atoms with Crippen molar-refractivity contribution in [2.24, 2.45) is 0 Å². The van der Waals surface area contributed by atoms with Gasteiger partial charge in [-0.25, -0.2) is 0 Å². The van der Waals surface area contributed by atoms with Crippen LogP contribution in [0, 0.1) is 6.92 Å². The Morgan fingerprint density at radius 2 is 1.94 bits per heavy atom. The number of furan rings is 1. The number of carbonyl (C=O) groups is 3. The number of ketones is 1. The molecule has 0 saturated carbocycles. The molecular weight excluding hydrogens is 222 g/mol. The summed E-state index contributed by atoms with van der Waals surface area (Å²) in [5.41, 5.74) is 0.0145. The van der Waals surface area contributed by atoms with Crippen molar-refractivity contribution in [2.75, 3.05) is 0 Å². The zero-order chi connectivity index (χ0) is 13.2. The maximum Gasteiger partial charge on any atom is 0.292 e. The first kappa shape index (κ1) is 13.2. The Labute approximate surface area is 99.2 Å². The smallest absolute Gasteiger partial charge is 0.292 e. The van der Waals surface area contributed by atoms with E-state index in [1.165, 1.54) is 0 Å². The van der Waals surface area contributed by atoms with Crippen LogP contribution in [0.25, 0.3) is 0 Å². The second kappa shape index (κ2) is 4.53. The summed E-state index contributed by atoms with van der Waals surface area (Å²) in [5.74, 6) is -1.34. The van der Waals surface area contributed by atoms with Gasteiger partial charge in [0.25, 0.3) is 11.7 Å². The highest BCUT2D eigenvalue weighted by atomic mass is 16.3. The van der Waals surface area contributed by atoms with Gasteiger partial charge in [-0.2, -0.15) is 0 Å². The van der Waals surface area contributed by atoms with Gasteiger partial charge >= 0.3 is 0 Å². The van der Waals surface area contributed by atoms with Crippen molar-refractivity contribution in [1.29, 1.82) is 0 Å². The molecule has 1 aromatic heterocycles. The first-order valence-corrected chi connectivity index (χ1v) is 5.16. The lowest BCUT2D eigenvalue weighted by Crippen LogP contribution is -2.44. The van der Waals surface area contributed by atoms with E-state index in [-0.39, 0.29) is 11.3 Å². The van der Waals surface area contributed by atoms with Crippen molar-refractivity contribution < 1.29 is 18.8 Å². The summed E-state index contributed by atoms with van der Waals surface area (Å²) in [6, 6.07) is 0. The maximum atomic E-state index is 11.8. The topological polar surface area (TPSA) is 76.4 Å². The highest BCUT2D eigenvalue weighted by Crippen LogP contribution is 2.15. The lowest BCUT2D eigenvalue weighted by molar-refractivity contribution is -0.118. The summed E-state index contributed by atoms with van der Waals surface area (Å²) in [4.78, 5) is 34.0. The molecule has 0 aromatic carbocycles. The summed E-state index contributed by atoms with van der Waals surface area (Å²) in [7, 11) is 0. The SMILES string of the molecule is Cc1c(C(=O)C(=O)NC(C)(C)C)coc1C=O. The average molecular weight is 237 g/mol. The average Bonchev–Trinajstić information content (AvgIpc) is 2.55. The van der Waals surface area contributed by atoms with Crippen LogP contribution < -0.4 is 5.32 Å². The Hall–Kier alpha value is -1.91. The molecule has 0 saturated heterocycles. The molecule has 0 aliphatic heterocycles. The van der Waals surface area contributed by atoms with Crippen LogP contribution in [-0.2, 0) is 4.79 Å².